The van der Waals surface area contributed by atoms with Crippen LogP contribution in [0.5, 0.6) is 0 Å². The summed E-state index contributed by atoms with van der Waals surface area (Å²) in [7, 11) is 0. The lowest BCUT2D eigenvalue weighted by Crippen LogP contribution is -1.72. The van der Waals surface area contributed by atoms with Crippen molar-refractivity contribution in [3.63, 3.8) is 0 Å². The first kappa shape index (κ1) is 8.85. The van der Waals surface area contributed by atoms with Crippen molar-refractivity contribution in [3.8, 4) is 11.1 Å². The van der Waals surface area contributed by atoms with Crippen LogP contribution in [0.2, 0.25) is 5.02 Å². The van der Waals surface area contributed by atoms with Gasteiger partial charge in [-0.05, 0) is 21.5 Å². The molecule has 0 fully saturated rings. The zero-order valence-electron chi connectivity index (χ0n) is 6.72. The van der Waals surface area contributed by atoms with Crippen molar-refractivity contribution in [2.45, 2.75) is 0 Å². The topological polar surface area (TPSA) is 15.8 Å². The van der Waals surface area contributed by atoms with Gasteiger partial charge in [-0.2, -0.15) is 0 Å². The van der Waals surface area contributed by atoms with Crippen molar-refractivity contribution in [2.75, 3.05) is 0 Å². The number of nitrogens with one attached hydrogen (secondary N) is 1. The normalized spacial score (nSPS) is 10.3. The Kier molecular flexibility index (Phi) is 2.42. The molecule has 0 spiro atoms. The molecule has 1 N–H and O–H groups in total. The minimum absolute atomic E-state index is 0.728. The molecule has 0 aliphatic rings. The molecule has 0 aliphatic carbocycles. The summed E-state index contributed by atoms with van der Waals surface area (Å²) in [5.41, 5.74) is 2.14. The van der Waals surface area contributed by atoms with Crippen molar-refractivity contribution < 1.29 is 0 Å². The number of rotatable bonds is 1. The fraction of sp³-hybridized carbons (Fsp3) is 0. The Morgan fingerprint density at radius 1 is 1.15 bits per heavy atom. The van der Waals surface area contributed by atoms with Crippen LogP contribution < -0.4 is 0 Å². The van der Waals surface area contributed by atoms with Gasteiger partial charge in [0, 0.05) is 11.8 Å². The molecule has 66 valence electrons. The van der Waals surface area contributed by atoms with Gasteiger partial charge in [-0.3, -0.25) is 0 Å². The SMILES string of the molecule is Clc1c(-c2ccccc2)c[nH]c1Br. The van der Waals surface area contributed by atoms with E-state index in [0.29, 0.717) is 0 Å². The van der Waals surface area contributed by atoms with Crippen molar-refractivity contribution in [2.24, 2.45) is 0 Å². The molecule has 0 saturated heterocycles. The van der Waals surface area contributed by atoms with Crippen LogP contribution in [-0.2, 0) is 0 Å². The van der Waals surface area contributed by atoms with Crippen LogP contribution in [0.25, 0.3) is 11.1 Å². The molecule has 0 amide bonds. The molecule has 3 heteroatoms. The molecule has 2 aromatic rings. The standard InChI is InChI=1S/C10H7BrClN/c11-10-9(12)8(6-13-10)7-4-2-1-3-5-7/h1-6,13H. The first-order valence-electron chi connectivity index (χ1n) is 3.87. The van der Waals surface area contributed by atoms with Gasteiger partial charge in [-0.1, -0.05) is 41.9 Å². The second-order valence-electron chi connectivity index (χ2n) is 2.70. The van der Waals surface area contributed by atoms with Crippen LogP contribution in [0.1, 0.15) is 0 Å². The smallest absolute Gasteiger partial charge is 0.102 e. The molecular formula is C10H7BrClN. The van der Waals surface area contributed by atoms with E-state index in [2.05, 4.69) is 20.9 Å². The Morgan fingerprint density at radius 2 is 1.85 bits per heavy atom. The maximum Gasteiger partial charge on any atom is 0.102 e. The summed E-state index contributed by atoms with van der Waals surface area (Å²) in [6.07, 6.45) is 1.89. The number of aromatic nitrogens is 1. The molecule has 1 nitrogen and oxygen atoms in total. The average molecular weight is 257 g/mol. The van der Waals surface area contributed by atoms with E-state index >= 15 is 0 Å². The molecule has 0 atom stereocenters. The fourth-order valence-corrected chi connectivity index (χ4v) is 1.75. The Morgan fingerprint density at radius 3 is 2.38 bits per heavy atom. The Balaban J connectivity index is 2.53. The van der Waals surface area contributed by atoms with Crippen LogP contribution in [0.3, 0.4) is 0 Å². The Hall–Kier alpha value is -0.730. The lowest BCUT2D eigenvalue weighted by molar-refractivity contribution is 1.36. The molecule has 0 saturated carbocycles. The fourth-order valence-electron chi connectivity index (χ4n) is 1.21. The van der Waals surface area contributed by atoms with Crippen LogP contribution in [0, 0.1) is 0 Å². The molecule has 1 heterocycles. The van der Waals surface area contributed by atoms with Gasteiger partial charge in [0.05, 0.1) is 5.02 Å². The van der Waals surface area contributed by atoms with Crippen LogP contribution in [0.15, 0.2) is 41.1 Å². The second kappa shape index (κ2) is 3.56. The third kappa shape index (κ3) is 1.64. The second-order valence-corrected chi connectivity index (χ2v) is 3.87. The summed E-state index contributed by atoms with van der Waals surface area (Å²) in [6.45, 7) is 0. The van der Waals surface area contributed by atoms with Crippen molar-refractivity contribution in [1.82, 2.24) is 4.98 Å². The van der Waals surface area contributed by atoms with Gasteiger partial charge >= 0.3 is 0 Å². The molecule has 2 rings (SSSR count). The van der Waals surface area contributed by atoms with E-state index in [1.54, 1.807) is 0 Å². The Labute approximate surface area is 89.9 Å². The molecule has 1 aromatic heterocycles. The minimum atomic E-state index is 0.728. The molecule has 0 unspecified atom stereocenters. The lowest BCUT2D eigenvalue weighted by Gasteiger charge is -1.96. The monoisotopic (exact) mass is 255 g/mol. The van der Waals surface area contributed by atoms with Gasteiger partial charge in [0.1, 0.15) is 4.60 Å². The molecule has 13 heavy (non-hydrogen) atoms. The third-order valence-electron chi connectivity index (χ3n) is 1.86. The summed E-state index contributed by atoms with van der Waals surface area (Å²) < 4.78 is 0.827. The minimum Gasteiger partial charge on any atom is -0.354 e. The van der Waals surface area contributed by atoms with E-state index in [1.807, 2.05) is 36.5 Å². The van der Waals surface area contributed by atoms with Gasteiger partial charge in [-0.15, -0.1) is 0 Å². The highest BCUT2D eigenvalue weighted by Gasteiger charge is 2.07. The van der Waals surface area contributed by atoms with E-state index < -0.39 is 0 Å². The van der Waals surface area contributed by atoms with E-state index in [4.69, 9.17) is 11.6 Å². The zero-order valence-corrected chi connectivity index (χ0v) is 9.06. The van der Waals surface area contributed by atoms with E-state index in [1.165, 1.54) is 0 Å². The average Bonchev–Trinajstić information content (AvgIpc) is 2.49. The van der Waals surface area contributed by atoms with E-state index in [0.717, 1.165) is 20.8 Å². The highest BCUT2D eigenvalue weighted by Crippen LogP contribution is 2.33. The number of hydrogen-bond acceptors (Lipinski definition) is 0. The number of hydrogen-bond donors (Lipinski definition) is 1. The van der Waals surface area contributed by atoms with Crippen molar-refractivity contribution >= 4 is 27.5 Å². The first-order valence-corrected chi connectivity index (χ1v) is 5.04. The lowest BCUT2D eigenvalue weighted by atomic mass is 10.1. The number of H-pyrrole nitrogens is 1. The quantitative estimate of drug-likeness (QED) is 0.791. The molecule has 0 bridgehead atoms. The van der Waals surface area contributed by atoms with Crippen LogP contribution >= 0.6 is 27.5 Å². The summed E-state index contributed by atoms with van der Waals surface area (Å²) in [6, 6.07) is 10.0. The highest BCUT2D eigenvalue weighted by atomic mass is 79.9. The third-order valence-corrected chi connectivity index (χ3v) is 3.10. The molecule has 0 aliphatic heterocycles. The molecule has 1 aromatic carbocycles. The van der Waals surface area contributed by atoms with E-state index in [9.17, 15) is 0 Å². The van der Waals surface area contributed by atoms with Gasteiger partial charge in [0.2, 0.25) is 0 Å². The Bertz CT molecular complexity index is 408. The van der Waals surface area contributed by atoms with Gasteiger partial charge in [0.15, 0.2) is 0 Å². The van der Waals surface area contributed by atoms with Gasteiger partial charge in [0.25, 0.3) is 0 Å². The van der Waals surface area contributed by atoms with Gasteiger partial charge < -0.3 is 4.98 Å². The largest absolute Gasteiger partial charge is 0.354 e. The summed E-state index contributed by atoms with van der Waals surface area (Å²) in [5, 5.41) is 0.728. The van der Waals surface area contributed by atoms with Crippen LogP contribution in [-0.4, -0.2) is 4.98 Å². The van der Waals surface area contributed by atoms with Crippen molar-refractivity contribution in [1.29, 1.82) is 0 Å². The number of aromatic amines is 1. The zero-order chi connectivity index (χ0) is 9.26. The maximum absolute atomic E-state index is 6.07. The highest BCUT2D eigenvalue weighted by molar-refractivity contribution is 9.10. The summed E-state index contributed by atoms with van der Waals surface area (Å²) in [5.74, 6) is 0. The van der Waals surface area contributed by atoms with Gasteiger partial charge in [-0.25, -0.2) is 0 Å². The predicted octanol–water partition coefficient (Wildman–Crippen LogP) is 4.10. The molecular weight excluding hydrogens is 249 g/mol. The first-order chi connectivity index (χ1) is 6.29. The molecule has 0 radical (unpaired) electrons. The summed E-state index contributed by atoms with van der Waals surface area (Å²) in [4.78, 5) is 3.02. The van der Waals surface area contributed by atoms with Crippen molar-refractivity contribution in [3.05, 3.63) is 46.2 Å². The van der Waals surface area contributed by atoms with Crippen LogP contribution in [0.4, 0.5) is 0 Å². The summed E-state index contributed by atoms with van der Waals surface area (Å²) >= 11 is 9.39. The maximum atomic E-state index is 6.07. The van der Waals surface area contributed by atoms with E-state index in [-0.39, 0.29) is 0 Å². The number of benzene rings is 1. The predicted molar refractivity (Wildman–Crippen MR) is 58.9 cm³/mol. The number of halogens is 2.